The highest BCUT2D eigenvalue weighted by Gasteiger charge is 2.95. The van der Waals surface area contributed by atoms with E-state index in [9.17, 15) is 89.4 Å². The quantitative estimate of drug-likeness (QED) is 0.175. The third-order valence-electron chi connectivity index (χ3n) is 5.94. The number of hydrogen-bond donors (Lipinski definition) is 2. The normalized spacial score (nSPS) is 14.0. The number of carbonyl (C=O) groups is 4. The second-order valence-corrected chi connectivity index (χ2v) is 8.98. The Hall–Kier alpha value is -4.40. The number of amides is 2. The molecule has 0 saturated carbocycles. The van der Waals surface area contributed by atoms with Crippen molar-refractivity contribution in [2.45, 2.75) is 47.4 Å². The van der Waals surface area contributed by atoms with Crippen molar-refractivity contribution < 1.29 is 89.4 Å². The Morgan fingerprint density at radius 3 is 0.848 bits per heavy atom. The van der Waals surface area contributed by atoms with Crippen LogP contribution in [-0.2, 0) is 9.59 Å². The molecule has 0 heterocycles. The van der Waals surface area contributed by atoms with Gasteiger partial charge < -0.3 is 10.6 Å². The van der Waals surface area contributed by atoms with Crippen LogP contribution in [0.2, 0.25) is 0 Å². The summed E-state index contributed by atoms with van der Waals surface area (Å²) >= 11 is 0. The number of halogens is 16. The van der Waals surface area contributed by atoms with E-state index < -0.39 is 70.6 Å². The van der Waals surface area contributed by atoms with Crippen molar-refractivity contribution in [2.24, 2.45) is 0 Å². The zero-order valence-corrected chi connectivity index (χ0v) is 21.5. The van der Waals surface area contributed by atoms with Crippen LogP contribution in [0.15, 0.2) is 48.5 Å². The van der Waals surface area contributed by atoms with Crippen LogP contribution in [-0.4, -0.2) is 71.8 Å². The van der Waals surface area contributed by atoms with Gasteiger partial charge in [-0.15, -0.1) is 0 Å². The molecule has 0 aliphatic rings. The Bertz CT molecular complexity index is 1360. The van der Waals surface area contributed by atoms with Gasteiger partial charge in [0.15, 0.2) is 0 Å². The summed E-state index contributed by atoms with van der Waals surface area (Å²) in [6.45, 7) is 0. The number of benzene rings is 2. The Balaban J connectivity index is 2.50. The van der Waals surface area contributed by atoms with E-state index in [0.29, 0.717) is 48.5 Å². The molecule has 0 aromatic heterocycles. The van der Waals surface area contributed by atoms with Crippen LogP contribution >= 0.6 is 0 Å². The average Bonchev–Trinajstić information content (AvgIpc) is 2.97. The van der Waals surface area contributed by atoms with Crippen molar-refractivity contribution in [2.75, 3.05) is 10.6 Å². The third kappa shape index (κ3) is 5.60. The fourth-order valence-electron chi connectivity index (χ4n) is 3.18. The summed E-state index contributed by atoms with van der Waals surface area (Å²) in [5, 5.41) is 1.47. The number of hydrogen-bond acceptors (Lipinski definition) is 4. The molecule has 2 rings (SSSR count). The van der Waals surface area contributed by atoms with Crippen molar-refractivity contribution >= 4 is 35.8 Å². The Labute approximate surface area is 243 Å². The van der Waals surface area contributed by atoms with Gasteiger partial charge in [0.25, 0.3) is 0 Å². The maximum absolute atomic E-state index is 14.1. The lowest BCUT2D eigenvalue weighted by Crippen LogP contribution is -2.76. The van der Waals surface area contributed by atoms with Gasteiger partial charge in [0.05, 0.1) is 0 Å². The van der Waals surface area contributed by atoms with E-state index in [1.165, 1.54) is 0 Å². The predicted octanol–water partition coefficient (Wildman–Crippen LogP) is 6.97. The lowest BCUT2D eigenvalue weighted by Gasteiger charge is -2.43. The summed E-state index contributed by atoms with van der Waals surface area (Å²) < 4.78 is 226. The molecule has 0 fully saturated rings. The van der Waals surface area contributed by atoms with E-state index in [4.69, 9.17) is 0 Å². The fraction of sp³-hybridized carbons (Fsp3) is 0.333. The van der Waals surface area contributed by atoms with E-state index in [1.54, 1.807) is 0 Å². The van der Waals surface area contributed by atoms with Crippen LogP contribution in [0.4, 0.5) is 81.6 Å². The molecular weight excluding hydrogens is 684 g/mol. The molecular formula is C24H12F16N2O4. The number of aldehydes is 2. The first-order valence-corrected chi connectivity index (χ1v) is 11.4. The summed E-state index contributed by atoms with van der Waals surface area (Å²) in [5.41, 5.74) is -2.62. The summed E-state index contributed by atoms with van der Waals surface area (Å²) in [6.07, 6.45) is 0.209. The Morgan fingerprint density at radius 1 is 0.413 bits per heavy atom. The number of anilines is 2. The second kappa shape index (κ2) is 11.8. The molecule has 46 heavy (non-hydrogen) atoms. The number of rotatable bonds is 13. The molecule has 0 radical (unpaired) electrons. The highest BCUT2D eigenvalue weighted by atomic mass is 19.4. The number of nitrogens with one attached hydrogen (secondary N) is 2. The van der Waals surface area contributed by atoms with Crippen molar-refractivity contribution in [1.29, 1.82) is 0 Å². The highest BCUT2D eigenvalue weighted by molar-refractivity contribution is 5.98. The SMILES string of the molecule is O=Cc1ccc(NC(=O)C(F)(F)C(F)(F)C(F)(F)C(F)(F)C(F)(F)C(F)(F)C(F)(F)C(F)(F)C(=O)Nc2ccc(C=O)cc2)cc1. The van der Waals surface area contributed by atoms with Gasteiger partial charge in [-0.3, -0.25) is 19.2 Å². The predicted molar refractivity (Wildman–Crippen MR) is 120 cm³/mol. The Kier molecular flexibility index (Phi) is 9.65. The fourth-order valence-corrected chi connectivity index (χ4v) is 3.18. The van der Waals surface area contributed by atoms with Crippen molar-refractivity contribution in [3.8, 4) is 0 Å². The topological polar surface area (TPSA) is 92.3 Å². The number of alkyl halides is 16. The minimum atomic E-state index is -8.82. The van der Waals surface area contributed by atoms with E-state index in [-0.39, 0.29) is 23.7 Å². The molecule has 22 heteroatoms. The van der Waals surface area contributed by atoms with Crippen LogP contribution in [0.5, 0.6) is 0 Å². The van der Waals surface area contributed by atoms with Crippen LogP contribution < -0.4 is 10.6 Å². The van der Waals surface area contributed by atoms with E-state index in [2.05, 4.69) is 0 Å². The maximum atomic E-state index is 14.1. The van der Waals surface area contributed by atoms with Crippen LogP contribution in [0.3, 0.4) is 0 Å². The molecule has 0 spiro atoms. The zero-order chi connectivity index (χ0) is 35.9. The highest BCUT2D eigenvalue weighted by Crippen LogP contribution is 2.64. The van der Waals surface area contributed by atoms with Gasteiger partial charge in [-0.1, -0.05) is 0 Å². The molecule has 0 atom stereocenters. The van der Waals surface area contributed by atoms with Gasteiger partial charge in [0, 0.05) is 22.5 Å². The molecule has 2 aromatic rings. The maximum Gasteiger partial charge on any atom is 0.393 e. The smallest absolute Gasteiger partial charge is 0.321 e. The molecule has 0 aliphatic heterocycles. The van der Waals surface area contributed by atoms with Crippen molar-refractivity contribution in [3.05, 3.63) is 59.7 Å². The lowest BCUT2D eigenvalue weighted by molar-refractivity contribution is -0.447. The van der Waals surface area contributed by atoms with Gasteiger partial charge in [0.2, 0.25) is 0 Å². The Morgan fingerprint density at radius 2 is 0.630 bits per heavy atom. The molecule has 254 valence electrons. The summed E-state index contributed by atoms with van der Waals surface area (Å²) in [4.78, 5) is 44.3. The van der Waals surface area contributed by atoms with Gasteiger partial charge in [-0.2, -0.15) is 70.2 Å². The molecule has 2 N–H and O–H groups in total. The molecule has 6 nitrogen and oxygen atoms in total. The molecule has 2 aromatic carbocycles. The van der Waals surface area contributed by atoms with Crippen LogP contribution in [0.25, 0.3) is 0 Å². The molecule has 0 bridgehead atoms. The summed E-state index contributed by atoms with van der Waals surface area (Å²) in [7, 11) is 0. The van der Waals surface area contributed by atoms with E-state index in [1.807, 2.05) is 0 Å². The minimum Gasteiger partial charge on any atom is -0.321 e. The first kappa shape index (κ1) is 37.8. The van der Waals surface area contributed by atoms with Crippen LogP contribution in [0.1, 0.15) is 20.7 Å². The monoisotopic (exact) mass is 696 g/mol. The molecule has 0 aliphatic carbocycles. The third-order valence-corrected chi connectivity index (χ3v) is 5.94. The largest absolute Gasteiger partial charge is 0.393 e. The first-order chi connectivity index (χ1) is 20.6. The lowest BCUT2D eigenvalue weighted by atomic mass is 9.87. The summed E-state index contributed by atoms with van der Waals surface area (Å²) in [5.74, 6) is -73.1. The van der Waals surface area contributed by atoms with Gasteiger partial charge in [-0.25, -0.2) is 0 Å². The van der Waals surface area contributed by atoms with Gasteiger partial charge >= 0.3 is 59.2 Å². The van der Waals surface area contributed by atoms with Gasteiger partial charge in [-0.05, 0) is 48.5 Å². The van der Waals surface area contributed by atoms with Crippen LogP contribution in [0, 0.1) is 0 Å². The van der Waals surface area contributed by atoms with E-state index >= 15 is 0 Å². The second-order valence-electron chi connectivity index (χ2n) is 8.98. The van der Waals surface area contributed by atoms with E-state index in [0.717, 1.165) is 10.6 Å². The molecule has 2 amide bonds. The minimum absolute atomic E-state index is 0.104. The number of carbonyl (C=O) groups excluding carboxylic acids is 4. The van der Waals surface area contributed by atoms with Crippen molar-refractivity contribution in [3.63, 3.8) is 0 Å². The first-order valence-electron chi connectivity index (χ1n) is 11.4. The standard InChI is InChI=1S/C24H12F16N2O4/c25-17(26,15(45)41-13-5-1-11(9-43)2-6-13)19(29,30)21(33,34)23(37,38)24(39,40)22(35,36)20(31,32)18(27,28)16(46)42-14-7-3-12(10-44)4-8-14/h1-10H,(H,41,45)(H,42,46). The molecule has 0 unspecified atom stereocenters. The average molecular weight is 696 g/mol. The molecule has 0 saturated heterocycles. The van der Waals surface area contributed by atoms with Gasteiger partial charge in [0.1, 0.15) is 12.6 Å². The summed E-state index contributed by atoms with van der Waals surface area (Å²) in [6, 6.07) is 4.61. The van der Waals surface area contributed by atoms with Crippen molar-refractivity contribution in [1.82, 2.24) is 0 Å². The zero-order valence-electron chi connectivity index (χ0n) is 21.5.